The van der Waals surface area contributed by atoms with Gasteiger partial charge in [0.25, 0.3) is 0 Å². The van der Waals surface area contributed by atoms with E-state index in [4.69, 9.17) is 0 Å². The van der Waals surface area contributed by atoms with Crippen molar-refractivity contribution in [3.63, 3.8) is 0 Å². The molecule has 0 aliphatic carbocycles. The molecule has 0 aliphatic heterocycles. The molecule has 0 aliphatic rings. The van der Waals surface area contributed by atoms with Crippen LogP contribution in [0.4, 0.5) is 11.5 Å². The number of hydrogen-bond donors (Lipinski definition) is 2. The van der Waals surface area contributed by atoms with E-state index in [1.165, 1.54) is 5.56 Å². The van der Waals surface area contributed by atoms with Crippen molar-refractivity contribution in [2.24, 2.45) is 0 Å². The summed E-state index contributed by atoms with van der Waals surface area (Å²) in [6.07, 6.45) is 1.57. The molecule has 84 valence electrons. The summed E-state index contributed by atoms with van der Waals surface area (Å²) in [5.74, 6) is 0.622. The maximum absolute atomic E-state index is 4.03. The lowest BCUT2D eigenvalue weighted by Crippen LogP contribution is -1.98. The predicted octanol–water partition coefficient (Wildman–Crippen LogP) is 1.80. The molecule has 2 aromatic heterocycles. The highest BCUT2D eigenvalue weighted by molar-refractivity contribution is 5.83. The van der Waals surface area contributed by atoms with Crippen molar-refractivity contribution in [2.75, 3.05) is 5.32 Å². The van der Waals surface area contributed by atoms with Crippen molar-refractivity contribution in [1.29, 1.82) is 0 Å². The van der Waals surface area contributed by atoms with Crippen LogP contribution in [0.5, 0.6) is 0 Å². The monoisotopic (exact) mass is 226 g/mol. The first kappa shape index (κ1) is 9.71. The van der Waals surface area contributed by atoms with Crippen molar-refractivity contribution in [2.45, 2.75) is 6.92 Å². The molecule has 0 atom stereocenters. The minimum atomic E-state index is 0.551. The summed E-state index contributed by atoms with van der Waals surface area (Å²) in [5.41, 5.74) is 3.46. The topological polar surface area (TPSA) is 79.4 Å². The van der Waals surface area contributed by atoms with Crippen molar-refractivity contribution in [3.8, 4) is 0 Å². The number of aromatic nitrogens is 5. The van der Waals surface area contributed by atoms with Crippen LogP contribution < -0.4 is 5.32 Å². The summed E-state index contributed by atoms with van der Waals surface area (Å²) in [5, 5.41) is 14.6. The summed E-state index contributed by atoms with van der Waals surface area (Å²) >= 11 is 0. The Morgan fingerprint density at radius 1 is 1.12 bits per heavy atom. The third-order valence-corrected chi connectivity index (χ3v) is 2.45. The molecule has 3 aromatic rings. The highest BCUT2D eigenvalue weighted by Gasteiger charge is 2.06. The van der Waals surface area contributed by atoms with Crippen LogP contribution in [0, 0.1) is 6.92 Å². The molecule has 0 bridgehead atoms. The second-order valence-corrected chi connectivity index (χ2v) is 3.73. The highest BCUT2D eigenvalue weighted by atomic mass is 15.3. The van der Waals surface area contributed by atoms with Crippen LogP contribution in [-0.4, -0.2) is 25.4 Å². The van der Waals surface area contributed by atoms with E-state index in [0.717, 1.165) is 11.2 Å². The fourth-order valence-electron chi connectivity index (χ4n) is 1.56. The number of aromatic amines is 1. The van der Waals surface area contributed by atoms with Gasteiger partial charge in [-0.05, 0) is 24.3 Å². The second-order valence-electron chi connectivity index (χ2n) is 3.73. The Hall–Kier alpha value is -2.50. The lowest BCUT2D eigenvalue weighted by molar-refractivity contribution is 0.893. The number of nitrogens with zero attached hydrogens (tertiary/aromatic N) is 4. The first-order chi connectivity index (χ1) is 8.33. The predicted molar refractivity (Wildman–Crippen MR) is 63.9 cm³/mol. The molecule has 0 spiro atoms. The van der Waals surface area contributed by atoms with Crippen LogP contribution in [0.1, 0.15) is 5.56 Å². The Balaban J connectivity index is 1.99. The maximum atomic E-state index is 4.03. The maximum Gasteiger partial charge on any atom is 0.205 e. The number of anilines is 2. The van der Waals surface area contributed by atoms with E-state index >= 15 is 0 Å². The molecule has 1 aromatic carbocycles. The fraction of sp³-hybridized carbons (Fsp3) is 0.0909. The Morgan fingerprint density at radius 2 is 1.94 bits per heavy atom. The second kappa shape index (κ2) is 3.82. The number of benzene rings is 1. The Bertz CT molecular complexity index is 642. The first-order valence-electron chi connectivity index (χ1n) is 5.19. The van der Waals surface area contributed by atoms with Crippen LogP contribution in [-0.2, 0) is 0 Å². The van der Waals surface area contributed by atoms with Crippen LogP contribution in [0.2, 0.25) is 0 Å². The molecule has 0 amide bonds. The number of aryl methyl sites for hydroxylation is 1. The van der Waals surface area contributed by atoms with Crippen molar-refractivity contribution >= 4 is 22.7 Å². The number of nitrogens with one attached hydrogen (secondary N) is 2. The summed E-state index contributed by atoms with van der Waals surface area (Å²) in [6, 6.07) is 8.03. The van der Waals surface area contributed by atoms with Gasteiger partial charge in [-0.25, -0.2) is 4.98 Å². The molecule has 0 unspecified atom stereocenters. The smallest absolute Gasteiger partial charge is 0.205 e. The van der Waals surface area contributed by atoms with Gasteiger partial charge in [-0.3, -0.25) is 0 Å². The normalized spacial score (nSPS) is 10.6. The lowest BCUT2D eigenvalue weighted by atomic mass is 10.2. The van der Waals surface area contributed by atoms with Gasteiger partial charge in [0, 0.05) is 5.69 Å². The Kier molecular flexibility index (Phi) is 2.18. The average molecular weight is 226 g/mol. The van der Waals surface area contributed by atoms with E-state index in [1.807, 2.05) is 31.2 Å². The molecule has 2 heterocycles. The molecule has 0 radical (unpaired) electrons. The highest BCUT2D eigenvalue weighted by Crippen LogP contribution is 2.19. The molecular formula is C11H10N6. The molecule has 2 N–H and O–H groups in total. The molecular weight excluding hydrogens is 216 g/mol. The van der Waals surface area contributed by atoms with Crippen molar-refractivity contribution in [3.05, 3.63) is 36.2 Å². The van der Waals surface area contributed by atoms with E-state index < -0.39 is 0 Å². The van der Waals surface area contributed by atoms with Crippen molar-refractivity contribution < 1.29 is 0 Å². The van der Waals surface area contributed by atoms with E-state index in [2.05, 4.69) is 30.7 Å². The van der Waals surface area contributed by atoms with Crippen LogP contribution in [0.15, 0.2) is 30.6 Å². The third-order valence-electron chi connectivity index (χ3n) is 2.45. The SMILES string of the molecule is Cc1ccc(Nc2nnnc3nc[nH]c23)cc1. The van der Waals surface area contributed by atoms with Crippen molar-refractivity contribution in [1.82, 2.24) is 25.4 Å². The van der Waals surface area contributed by atoms with Gasteiger partial charge in [-0.1, -0.05) is 17.7 Å². The Morgan fingerprint density at radius 3 is 2.76 bits per heavy atom. The largest absolute Gasteiger partial charge is 0.340 e. The Labute approximate surface area is 97.1 Å². The number of fused-ring (bicyclic) bond motifs is 1. The van der Waals surface area contributed by atoms with Gasteiger partial charge in [-0.2, -0.15) is 0 Å². The van der Waals surface area contributed by atoms with E-state index in [9.17, 15) is 0 Å². The van der Waals surface area contributed by atoms with E-state index in [0.29, 0.717) is 11.5 Å². The van der Waals surface area contributed by atoms with E-state index in [1.54, 1.807) is 6.33 Å². The van der Waals surface area contributed by atoms with Gasteiger partial charge < -0.3 is 10.3 Å². The van der Waals surface area contributed by atoms with Gasteiger partial charge in [0.1, 0.15) is 5.52 Å². The van der Waals surface area contributed by atoms with Gasteiger partial charge in [0.2, 0.25) is 5.65 Å². The summed E-state index contributed by atoms with van der Waals surface area (Å²) in [6.45, 7) is 2.04. The summed E-state index contributed by atoms with van der Waals surface area (Å²) in [7, 11) is 0. The standard InChI is InChI=1S/C11H10N6/c1-7-2-4-8(5-3-7)14-11-9-10(13-6-12-9)15-17-16-11/h2-6H,1H3,(H2,12,13,14,15,16). The number of hydrogen-bond acceptors (Lipinski definition) is 5. The zero-order valence-corrected chi connectivity index (χ0v) is 9.18. The summed E-state index contributed by atoms with van der Waals surface area (Å²) in [4.78, 5) is 7.01. The number of H-pyrrole nitrogens is 1. The van der Waals surface area contributed by atoms with Gasteiger partial charge in [0.15, 0.2) is 5.82 Å². The lowest BCUT2D eigenvalue weighted by Gasteiger charge is -2.04. The quantitative estimate of drug-likeness (QED) is 0.696. The third kappa shape index (κ3) is 1.80. The molecule has 0 fully saturated rings. The van der Waals surface area contributed by atoms with Gasteiger partial charge in [0.05, 0.1) is 6.33 Å². The van der Waals surface area contributed by atoms with Gasteiger partial charge in [-0.15, -0.1) is 10.2 Å². The molecule has 3 rings (SSSR count). The fourth-order valence-corrected chi connectivity index (χ4v) is 1.56. The molecule has 0 saturated carbocycles. The molecule has 6 heteroatoms. The zero-order valence-electron chi connectivity index (χ0n) is 9.18. The molecule has 6 nitrogen and oxygen atoms in total. The minimum Gasteiger partial charge on any atom is -0.340 e. The zero-order chi connectivity index (χ0) is 11.7. The number of imidazole rings is 1. The van der Waals surface area contributed by atoms with Crippen LogP contribution in [0.25, 0.3) is 11.2 Å². The first-order valence-corrected chi connectivity index (χ1v) is 5.19. The number of rotatable bonds is 2. The van der Waals surface area contributed by atoms with E-state index in [-0.39, 0.29) is 0 Å². The summed E-state index contributed by atoms with van der Waals surface area (Å²) < 4.78 is 0. The van der Waals surface area contributed by atoms with Crippen LogP contribution >= 0.6 is 0 Å². The minimum absolute atomic E-state index is 0.551. The molecule has 0 saturated heterocycles. The van der Waals surface area contributed by atoms with Gasteiger partial charge >= 0.3 is 0 Å². The average Bonchev–Trinajstić information content (AvgIpc) is 2.81. The van der Waals surface area contributed by atoms with Crippen LogP contribution in [0.3, 0.4) is 0 Å². The molecule has 17 heavy (non-hydrogen) atoms.